The number of rotatable bonds is 64. The summed E-state index contributed by atoms with van der Waals surface area (Å²) in [6, 6.07) is 0. The van der Waals surface area contributed by atoms with Crippen molar-refractivity contribution < 1.29 is 28.6 Å². The second-order valence-corrected chi connectivity index (χ2v) is 23.4. The molecule has 0 aliphatic carbocycles. The molecule has 0 aromatic heterocycles. The van der Waals surface area contributed by atoms with Gasteiger partial charge in [-0.1, -0.05) is 330 Å². The van der Waals surface area contributed by atoms with Crippen LogP contribution in [0.3, 0.4) is 0 Å². The van der Waals surface area contributed by atoms with E-state index in [4.69, 9.17) is 14.2 Å². The van der Waals surface area contributed by atoms with E-state index in [2.05, 4.69) is 118 Å². The van der Waals surface area contributed by atoms with Crippen molar-refractivity contribution in [2.24, 2.45) is 0 Å². The molecule has 0 rings (SSSR count). The molecule has 0 radical (unpaired) electrons. The van der Waals surface area contributed by atoms with Crippen molar-refractivity contribution in [1.29, 1.82) is 0 Å². The summed E-state index contributed by atoms with van der Waals surface area (Å²) in [7, 11) is 0. The predicted octanol–water partition coefficient (Wildman–Crippen LogP) is 24.4. The zero-order valence-electron chi connectivity index (χ0n) is 54.2. The van der Waals surface area contributed by atoms with Gasteiger partial charge in [-0.3, -0.25) is 14.4 Å². The van der Waals surface area contributed by atoms with Crippen molar-refractivity contribution in [3.8, 4) is 0 Å². The first-order valence-electron chi connectivity index (χ1n) is 35.2. The van der Waals surface area contributed by atoms with Crippen LogP contribution in [-0.2, 0) is 28.6 Å². The molecular formula is C76H132O6. The molecule has 0 aliphatic heterocycles. The molecule has 6 nitrogen and oxygen atoms in total. The molecule has 1 unspecified atom stereocenters. The zero-order chi connectivity index (χ0) is 59.2. The zero-order valence-corrected chi connectivity index (χ0v) is 54.2. The first-order chi connectivity index (χ1) is 40.5. The Kier molecular flexibility index (Phi) is 66.7. The van der Waals surface area contributed by atoms with Crippen molar-refractivity contribution >= 4 is 17.9 Å². The molecule has 1 atom stereocenters. The Bertz CT molecular complexity index is 1590. The first kappa shape index (κ1) is 78.3. The normalized spacial score (nSPS) is 12.7. The third-order valence-corrected chi connectivity index (χ3v) is 15.3. The summed E-state index contributed by atoms with van der Waals surface area (Å²) >= 11 is 0. The van der Waals surface area contributed by atoms with Gasteiger partial charge < -0.3 is 14.2 Å². The van der Waals surface area contributed by atoms with Gasteiger partial charge in [0.15, 0.2) is 6.10 Å². The van der Waals surface area contributed by atoms with Crippen LogP contribution < -0.4 is 0 Å². The molecule has 0 aromatic rings. The maximum atomic E-state index is 12.9. The van der Waals surface area contributed by atoms with Crippen molar-refractivity contribution in [1.82, 2.24) is 0 Å². The van der Waals surface area contributed by atoms with Crippen LogP contribution in [0.4, 0.5) is 0 Å². The number of ether oxygens (including phenoxy) is 3. The highest BCUT2D eigenvalue weighted by Crippen LogP contribution is 2.18. The topological polar surface area (TPSA) is 78.9 Å². The van der Waals surface area contributed by atoms with E-state index in [0.29, 0.717) is 19.3 Å². The summed E-state index contributed by atoms with van der Waals surface area (Å²) in [5, 5.41) is 0. The van der Waals surface area contributed by atoms with Crippen molar-refractivity contribution in [3.63, 3.8) is 0 Å². The van der Waals surface area contributed by atoms with Crippen LogP contribution >= 0.6 is 0 Å². The smallest absolute Gasteiger partial charge is 0.306 e. The highest BCUT2D eigenvalue weighted by molar-refractivity contribution is 5.71. The molecule has 0 fully saturated rings. The van der Waals surface area contributed by atoms with E-state index in [1.165, 1.54) is 193 Å². The molecule has 0 N–H and O–H groups in total. The minimum Gasteiger partial charge on any atom is -0.462 e. The van der Waals surface area contributed by atoms with Crippen molar-refractivity contribution in [2.75, 3.05) is 13.2 Å². The summed E-state index contributed by atoms with van der Waals surface area (Å²) in [5.74, 6) is -0.893. The second-order valence-electron chi connectivity index (χ2n) is 23.4. The number of hydrogen-bond donors (Lipinski definition) is 0. The Morgan fingerprint density at radius 3 is 0.756 bits per heavy atom. The Morgan fingerprint density at radius 1 is 0.256 bits per heavy atom. The van der Waals surface area contributed by atoms with Gasteiger partial charge in [-0.2, -0.15) is 0 Å². The fourth-order valence-electron chi connectivity index (χ4n) is 10.1. The van der Waals surface area contributed by atoms with Crippen LogP contribution in [0.25, 0.3) is 0 Å². The lowest BCUT2D eigenvalue weighted by Gasteiger charge is -2.18. The van der Waals surface area contributed by atoms with Gasteiger partial charge in [0.25, 0.3) is 0 Å². The molecule has 82 heavy (non-hydrogen) atoms. The van der Waals surface area contributed by atoms with Gasteiger partial charge in [0.05, 0.1) is 0 Å². The Balaban J connectivity index is 4.12. The Hall–Kier alpha value is -3.67. The summed E-state index contributed by atoms with van der Waals surface area (Å²) in [6.45, 7) is 6.43. The highest BCUT2D eigenvalue weighted by atomic mass is 16.6. The number of unbranched alkanes of at least 4 members (excludes halogenated alkanes) is 37. The monoisotopic (exact) mass is 1140 g/mol. The molecule has 472 valence electrons. The van der Waals surface area contributed by atoms with Crippen molar-refractivity contribution in [3.05, 3.63) is 97.2 Å². The van der Waals surface area contributed by atoms with Gasteiger partial charge in [-0.15, -0.1) is 0 Å². The van der Waals surface area contributed by atoms with Crippen LogP contribution in [-0.4, -0.2) is 37.2 Å². The van der Waals surface area contributed by atoms with Crippen LogP contribution in [0.15, 0.2) is 97.2 Å². The number of carbonyl (C=O) groups excluding carboxylic acids is 3. The van der Waals surface area contributed by atoms with E-state index in [-0.39, 0.29) is 31.1 Å². The van der Waals surface area contributed by atoms with Crippen LogP contribution in [0, 0.1) is 0 Å². The van der Waals surface area contributed by atoms with Gasteiger partial charge >= 0.3 is 17.9 Å². The maximum Gasteiger partial charge on any atom is 0.306 e. The molecule has 0 heterocycles. The number of allylic oxidation sites excluding steroid dienone is 16. The van der Waals surface area contributed by atoms with Gasteiger partial charge in [0.1, 0.15) is 13.2 Å². The van der Waals surface area contributed by atoms with E-state index < -0.39 is 6.10 Å². The van der Waals surface area contributed by atoms with Gasteiger partial charge in [0, 0.05) is 19.3 Å². The van der Waals surface area contributed by atoms with Gasteiger partial charge in [-0.25, -0.2) is 0 Å². The SMILES string of the molecule is CC/C=C\C/C=C\C/C=C\C/C=C\C/C=C\CCCCCCCCCCCCCCCCCCCCCC(=O)OCC(COC(=O)CCCCC/C=C\C/C=C\C/C=C\CC)OC(=O)CCCCCCCCCCCCCCCCCC. The molecule has 0 spiro atoms. The standard InChI is InChI=1S/C76H132O6/c1-4-7-10-13-16-19-22-25-27-29-30-31-32-33-34-35-36-37-38-39-40-41-42-43-44-45-46-47-49-51-54-57-60-63-66-69-75(78)81-72-73(71-80-74(77)68-65-62-59-56-53-50-24-21-18-15-12-9-6-3)82-76(79)70-67-64-61-58-55-52-48-28-26-23-20-17-14-11-8-5-2/h7,9-10,12,16,18-19,21,25,27,30-31,33-34,50,53,73H,4-6,8,11,13-15,17,20,22-24,26,28-29,32,35-49,51-52,54-72H2,1-3H3/b10-7-,12-9-,19-16-,21-18-,27-25-,31-30-,34-33-,53-50-. The Morgan fingerprint density at radius 2 is 0.476 bits per heavy atom. The molecule has 6 heteroatoms. The number of hydrogen-bond acceptors (Lipinski definition) is 6. The van der Waals surface area contributed by atoms with E-state index in [9.17, 15) is 14.4 Å². The van der Waals surface area contributed by atoms with Crippen LogP contribution in [0.2, 0.25) is 0 Å². The van der Waals surface area contributed by atoms with Gasteiger partial charge in [0.2, 0.25) is 0 Å². The fourth-order valence-corrected chi connectivity index (χ4v) is 10.1. The average molecular weight is 1140 g/mol. The highest BCUT2D eigenvalue weighted by Gasteiger charge is 2.19. The van der Waals surface area contributed by atoms with E-state index in [1.54, 1.807) is 0 Å². The van der Waals surface area contributed by atoms with E-state index in [1.807, 2.05) is 0 Å². The number of carbonyl (C=O) groups is 3. The molecule has 0 bridgehead atoms. The fraction of sp³-hybridized carbons (Fsp3) is 0.750. The third-order valence-electron chi connectivity index (χ3n) is 15.3. The van der Waals surface area contributed by atoms with E-state index >= 15 is 0 Å². The molecule has 0 saturated heterocycles. The molecule has 0 amide bonds. The molecule has 0 aliphatic rings. The van der Waals surface area contributed by atoms with Crippen LogP contribution in [0.1, 0.15) is 348 Å². The second kappa shape index (κ2) is 69.8. The van der Waals surface area contributed by atoms with Gasteiger partial charge in [-0.05, 0) is 96.3 Å². The lowest BCUT2D eigenvalue weighted by molar-refractivity contribution is -0.167. The largest absolute Gasteiger partial charge is 0.462 e. The van der Waals surface area contributed by atoms with Crippen molar-refractivity contribution in [2.45, 2.75) is 354 Å². The third kappa shape index (κ3) is 67.1. The predicted molar refractivity (Wildman–Crippen MR) is 357 cm³/mol. The molecular weight excluding hydrogens is 1010 g/mol. The molecule has 0 aromatic carbocycles. The number of esters is 3. The summed E-state index contributed by atoms with van der Waals surface area (Å²) in [4.78, 5) is 38.3. The minimum atomic E-state index is -0.786. The summed E-state index contributed by atoms with van der Waals surface area (Å²) in [6.07, 6.45) is 94.5. The maximum absolute atomic E-state index is 12.9. The Labute approximate surface area is 508 Å². The average Bonchev–Trinajstić information content (AvgIpc) is 3.47. The molecule has 0 saturated carbocycles. The quantitative estimate of drug-likeness (QED) is 0.0261. The lowest BCUT2D eigenvalue weighted by Crippen LogP contribution is -2.30. The first-order valence-corrected chi connectivity index (χ1v) is 35.2. The minimum absolute atomic E-state index is 0.0813. The summed E-state index contributed by atoms with van der Waals surface area (Å²) in [5.41, 5.74) is 0. The lowest BCUT2D eigenvalue weighted by atomic mass is 10.0. The van der Waals surface area contributed by atoms with Crippen LogP contribution in [0.5, 0.6) is 0 Å². The summed E-state index contributed by atoms with van der Waals surface area (Å²) < 4.78 is 16.9. The van der Waals surface area contributed by atoms with E-state index in [0.717, 1.165) is 116 Å².